The average Bonchev–Trinajstić information content (AvgIpc) is 3.01. The molecule has 1 N–H and O–H groups in total. The topological polar surface area (TPSA) is 73.2 Å². The van der Waals surface area contributed by atoms with E-state index in [4.69, 9.17) is 4.74 Å². The van der Waals surface area contributed by atoms with Crippen LogP contribution in [0.3, 0.4) is 0 Å². The smallest absolute Gasteiger partial charge is 0.255 e. The van der Waals surface area contributed by atoms with Crippen molar-refractivity contribution in [2.75, 3.05) is 11.3 Å². The molecule has 1 aromatic carbocycles. The first-order valence-electron chi connectivity index (χ1n) is 8.01. The molecule has 0 spiro atoms. The molecule has 0 radical (unpaired) electrons. The van der Waals surface area contributed by atoms with E-state index in [0.717, 1.165) is 36.8 Å². The van der Waals surface area contributed by atoms with E-state index < -0.39 is 10.0 Å². The van der Waals surface area contributed by atoms with Gasteiger partial charge in [-0.2, -0.15) is 5.10 Å². The van der Waals surface area contributed by atoms with Crippen LogP contribution in [-0.4, -0.2) is 30.9 Å². The Balaban J connectivity index is 1.59. The van der Waals surface area contributed by atoms with Gasteiger partial charge in [0.1, 0.15) is 0 Å². The fourth-order valence-electron chi connectivity index (χ4n) is 2.61. The second-order valence-corrected chi connectivity index (χ2v) is 7.37. The molecule has 1 unspecified atom stereocenters. The van der Waals surface area contributed by atoms with Gasteiger partial charge in [-0.25, -0.2) is 8.42 Å². The third-order valence-corrected chi connectivity index (χ3v) is 4.81. The lowest BCUT2D eigenvalue weighted by Gasteiger charge is -2.22. The van der Waals surface area contributed by atoms with Gasteiger partial charge in [-0.3, -0.25) is 9.40 Å². The first kappa shape index (κ1) is 16.7. The highest BCUT2D eigenvalue weighted by atomic mass is 32.2. The zero-order valence-electron chi connectivity index (χ0n) is 13.3. The molecule has 0 aliphatic carbocycles. The summed E-state index contributed by atoms with van der Waals surface area (Å²) < 4.78 is 34.1. The molecule has 1 aliphatic heterocycles. The van der Waals surface area contributed by atoms with Gasteiger partial charge in [0, 0.05) is 12.8 Å². The quantitative estimate of drug-likeness (QED) is 0.872. The van der Waals surface area contributed by atoms with Crippen molar-refractivity contribution in [1.29, 1.82) is 0 Å². The van der Waals surface area contributed by atoms with Gasteiger partial charge in [-0.15, -0.1) is 0 Å². The summed E-state index contributed by atoms with van der Waals surface area (Å²) in [6, 6.07) is 9.28. The van der Waals surface area contributed by atoms with E-state index in [1.165, 1.54) is 6.20 Å². The normalized spacial score (nSPS) is 18.8. The molecule has 1 atom stereocenters. The Morgan fingerprint density at radius 3 is 2.88 bits per heavy atom. The molecule has 1 aromatic heterocycles. The van der Waals surface area contributed by atoms with Gasteiger partial charge in [0.2, 0.25) is 0 Å². The molecule has 7 heteroatoms. The van der Waals surface area contributed by atoms with Crippen molar-refractivity contribution in [2.45, 2.75) is 31.9 Å². The monoisotopic (exact) mass is 347 g/mol. The number of nitrogens with zero attached hydrogens (tertiary/aromatic N) is 2. The van der Waals surface area contributed by atoms with E-state index in [1.54, 1.807) is 17.0 Å². The Labute approximate surface area is 142 Å². The number of benzene rings is 1. The number of hydrogen-bond donors (Lipinski definition) is 1. The molecule has 1 fully saturated rings. The fourth-order valence-corrected chi connectivity index (χ4v) is 3.45. The van der Waals surface area contributed by atoms with Crippen LogP contribution in [0.1, 0.15) is 24.8 Å². The van der Waals surface area contributed by atoms with Crippen LogP contribution in [0.2, 0.25) is 0 Å². The summed E-state index contributed by atoms with van der Waals surface area (Å²) >= 11 is 0. The van der Waals surface area contributed by atoms with Crippen LogP contribution in [-0.2, 0) is 21.3 Å². The zero-order chi connectivity index (χ0) is 16.8. The molecule has 24 heavy (non-hydrogen) atoms. The Morgan fingerprint density at radius 2 is 2.12 bits per heavy atom. The first-order chi connectivity index (χ1) is 11.6. The third kappa shape index (κ3) is 4.94. The number of sulfonamides is 1. The van der Waals surface area contributed by atoms with E-state index in [2.05, 4.69) is 9.82 Å². The molecule has 2 aromatic rings. The Bertz CT molecular complexity index is 778. The van der Waals surface area contributed by atoms with Crippen molar-refractivity contribution in [1.82, 2.24) is 9.78 Å². The van der Waals surface area contributed by atoms with Crippen LogP contribution in [0.4, 0.5) is 5.69 Å². The Kier molecular flexibility index (Phi) is 5.32. The lowest BCUT2D eigenvalue weighted by molar-refractivity contribution is 0.00401. The molecule has 128 valence electrons. The van der Waals surface area contributed by atoms with Gasteiger partial charge >= 0.3 is 0 Å². The number of aromatic nitrogens is 2. The second kappa shape index (κ2) is 7.63. The number of ether oxygens (including phenoxy) is 1. The van der Waals surface area contributed by atoms with Crippen molar-refractivity contribution < 1.29 is 13.2 Å². The molecule has 0 saturated carbocycles. The summed E-state index contributed by atoms with van der Waals surface area (Å²) in [5.41, 5.74) is 1.27. The van der Waals surface area contributed by atoms with Gasteiger partial charge in [-0.05, 0) is 30.9 Å². The van der Waals surface area contributed by atoms with E-state index in [-0.39, 0.29) is 6.10 Å². The molecular formula is C17H21N3O3S. The number of nitrogens with one attached hydrogen (secondary N) is 1. The summed E-state index contributed by atoms with van der Waals surface area (Å²) in [7, 11) is -3.57. The van der Waals surface area contributed by atoms with Gasteiger partial charge in [-0.1, -0.05) is 30.3 Å². The molecule has 1 saturated heterocycles. The molecule has 0 bridgehead atoms. The fraction of sp³-hybridized carbons (Fsp3) is 0.353. The minimum Gasteiger partial charge on any atom is -0.376 e. The SMILES string of the molecule is O=S(=O)(C=Cc1ccccc1)Nc1cnn(CC2CCCCO2)c1. The lowest BCUT2D eigenvalue weighted by Crippen LogP contribution is -2.24. The van der Waals surface area contributed by atoms with Crippen molar-refractivity contribution in [3.05, 3.63) is 53.7 Å². The van der Waals surface area contributed by atoms with Crippen molar-refractivity contribution in [3.8, 4) is 0 Å². The van der Waals surface area contributed by atoms with Gasteiger partial charge in [0.05, 0.1) is 29.9 Å². The van der Waals surface area contributed by atoms with Crippen LogP contribution in [0.15, 0.2) is 48.1 Å². The van der Waals surface area contributed by atoms with Crippen LogP contribution in [0.5, 0.6) is 0 Å². The van der Waals surface area contributed by atoms with Crippen molar-refractivity contribution in [3.63, 3.8) is 0 Å². The summed E-state index contributed by atoms with van der Waals surface area (Å²) in [6.07, 6.45) is 8.19. The Hall–Kier alpha value is -2.12. The molecule has 0 amide bonds. The summed E-state index contributed by atoms with van der Waals surface area (Å²) in [6.45, 7) is 1.43. The van der Waals surface area contributed by atoms with Crippen LogP contribution < -0.4 is 4.72 Å². The molecular weight excluding hydrogens is 326 g/mol. The van der Waals surface area contributed by atoms with Gasteiger partial charge in [0.15, 0.2) is 0 Å². The van der Waals surface area contributed by atoms with E-state index in [9.17, 15) is 8.42 Å². The standard InChI is InChI=1S/C17H21N3O3S/c21-24(22,11-9-15-6-2-1-3-7-15)19-16-12-18-20(13-16)14-17-8-4-5-10-23-17/h1-3,6-7,9,11-13,17,19H,4-5,8,10,14H2. The van der Waals surface area contributed by atoms with Crippen LogP contribution in [0, 0.1) is 0 Å². The van der Waals surface area contributed by atoms with E-state index >= 15 is 0 Å². The summed E-state index contributed by atoms with van der Waals surface area (Å²) in [4.78, 5) is 0. The molecule has 6 nitrogen and oxygen atoms in total. The minimum atomic E-state index is -3.57. The predicted molar refractivity (Wildman–Crippen MR) is 93.8 cm³/mol. The summed E-state index contributed by atoms with van der Waals surface area (Å²) in [5, 5.41) is 5.36. The average molecular weight is 347 g/mol. The number of anilines is 1. The van der Waals surface area contributed by atoms with Gasteiger partial charge in [0.25, 0.3) is 10.0 Å². The highest BCUT2D eigenvalue weighted by Gasteiger charge is 2.15. The van der Waals surface area contributed by atoms with E-state index in [0.29, 0.717) is 12.2 Å². The largest absolute Gasteiger partial charge is 0.376 e. The first-order valence-corrected chi connectivity index (χ1v) is 9.55. The molecule has 2 heterocycles. The lowest BCUT2D eigenvalue weighted by atomic mass is 10.1. The van der Waals surface area contributed by atoms with Crippen LogP contribution >= 0.6 is 0 Å². The number of rotatable bonds is 6. The highest BCUT2D eigenvalue weighted by Crippen LogP contribution is 2.16. The van der Waals surface area contributed by atoms with Crippen molar-refractivity contribution in [2.24, 2.45) is 0 Å². The summed E-state index contributed by atoms with van der Waals surface area (Å²) in [5.74, 6) is 0. The van der Waals surface area contributed by atoms with Crippen molar-refractivity contribution >= 4 is 21.8 Å². The van der Waals surface area contributed by atoms with Crippen LogP contribution in [0.25, 0.3) is 6.08 Å². The van der Waals surface area contributed by atoms with E-state index in [1.807, 2.05) is 30.3 Å². The maximum absolute atomic E-state index is 12.1. The maximum Gasteiger partial charge on any atom is 0.255 e. The minimum absolute atomic E-state index is 0.154. The molecule has 1 aliphatic rings. The predicted octanol–water partition coefficient (Wildman–Crippen LogP) is 2.86. The zero-order valence-corrected chi connectivity index (χ0v) is 14.2. The van der Waals surface area contributed by atoms with Gasteiger partial charge < -0.3 is 4.74 Å². The maximum atomic E-state index is 12.1. The number of hydrogen-bond acceptors (Lipinski definition) is 4. The molecule has 3 rings (SSSR count). The Morgan fingerprint density at radius 1 is 1.29 bits per heavy atom. The second-order valence-electron chi connectivity index (χ2n) is 5.80. The highest BCUT2D eigenvalue weighted by molar-refractivity contribution is 7.95. The third-order valence-electron chi connectivity index (χ3n) is 3.80.